The van der Waals surface area contributed by atoms with Gasteiger partial charge in [0.1, 0.15) is 11.6 Å². The summed E-state index contributed by atoms with van der Waals surface area (Å²) in [6, 6.07) is 7.33. The van der Waals surface area contributed by atoms with E-state index in [-0.39, 0.29) is 11.3 Å². The number of anilines is 1. The quantitative estimate of drug-likeness (QED) is 0.818. The smallest absolute Gasteiger partial charge is 0.134 e. The molecule has 4 heteroatoms. The lowest BCUT2D eigenvalue weighted by molar-refractivity contribution is 0.279. The second-order valence-electron chi connectivity index (χ2n) is 6.31. The topological polar surface area (TPSA) is 45.2 Å². The third-order valence-corrected chi connectivity index (χ3v) is 4.99. The maximum Gasteiger partial charge on any atom is 0.134 e. The second-order valence-corrected chi connectivity index (χ2v) is 6.57. The van der Waals surface area contributed by atoms with Crippen molar-refractivity contribution in [2.24, 2.45) is 5.92 Å². The summed E-state index contributed by atoms with van der Waals surface area (Å²) < 4.78 is 0. The molecular weight excluding hydrogens is 284 g/mol. The summed E-state index contributed by atoms with van der Waals surface area (Å²) in [6.07, 6.45) is 6.39. The van der Waals surface area contributed by atoms with Crippen LogP contribution in [0.5, 0.6) is 5.75 Å². The fraction of sp³-hybridized carbons (Fsp3) is 0.471. The lowest BCUT2D eigenvalue weighted by atomic mass is 9.77. The predicted molar refractivity (Wildman–Crippen MR) is 88.1 cm³/mol. The number of phenolic OH excluding ortho intramolecular Hbond substituents is 1. The van der Waals surface area contributed by atoms with Crippen LogP contribution in [0.15, 0.2) is 30.5 Å². The zero-order valence-corrected chi connectivity index (χ0v) is 13.0. The van der Waals surface area contributed by atoms with Crippen molar-refractivity contribution in [1.82, 2.24) is 4.98 Å². The Bertz CT molecular complexity index is 646. The van der Waals surface area contributed by atoms with Crippen LogP contribution in [0.4, 0.5) is 5.82 Å². The van der Waals surface area contributed by atoms with E-state index in [1.165, 1.54) is 12.8 Å². The molecule has 1 aromatic carbocycles. The summed E-state index contributed by atoms with van der Waals surface area (Å²) in [7, 11) is 0. The molecule has 3 rings (SSSR count). The zero-order valence-electron chi connectivity index (χ0n) is 12.3. The van der Waals surface area contributed by atoms with Crippen LogP contribution in [0, 0.1) is 5.92 Å². The molecule has 0 bridgehead atoms. The van der Waals surface area contributed by atoms with E-state index < -0.39 is 0 Å². The van der Waals surface area contributed by atoms with E-state index in [0.29, 0.717) is 11.8 Å². The second kappa shape index (κ2) is 5.72. The Morgan fingerprint density at radius 3 is 3.05 bits per heavy atom. The van der Waals surface area contributed by atoms with Crippen LogP contribution in [0.1, 0.15) is 32.6 Å². The van der Waals surface area contributed by atoms with Crippen LogP contribution in [-0.4, -0.2) is 21.5 Å². The van der Waals surface area contributed by atoms with Crippen LogP contribution in [0.25, 0.3) is 10.8 Å². The maximum absolute atomic E-state index is 9.74. The maximum atomic E-state index is 9.74. The monoisotopic (exact) mass is 304 g/mol. The minimum absolute atomic E-state index is 0.0913. The number of phenols is 1. The molecule has 1 aliphatic carbocycles. The van der Waals surface area contributed by atoms with Crippen molar-refractivity contribution in [3.63, 3.8) is 0 Å². The first-order valence-electron chi connectivity index (χ1n) is 7.54. The summed E-state index contributed by atoms with van der Waals surface area (Å²) >= 11 is 6.30. The first-order valence-corrected chi connectivity index (χ1v) is 8.07. The predicted octanol–water partition coefficient (Wildman–Crippen LogP) is 4.54. The lowest BCUT2D eigenvalue weighted by Gasteiger charge is -2.40. The number of nitrogens with zero attached hydrogens (tertiary/aromatic N) is 1. The highest BCUT2D eigenvalue weighted by Gasteiger charge is 2.34. The highest BCUT2D eigenvalue weighted by molar-refractivity contribution is 6.19. The van der Waals surface area contributed by atoms with Gasteiger partial charge in [-0.2, -0.15) is 0 Å². The van der Waals surface area contributed by atoms with Gasteiger partial charge < -0.3 is 10.4 Å². The van der Waals surface area contributed by atoms with Crippen molar-refractivity contribution in [1.29, 1.82) is 0 Å². The molecular formula is C17H21ClN2O. The Hall–Kier alpha value is -1.48. The molecule has 1 heterocycles. The highest BCUT2D eigenvalue weighted by atomic mass is 35.5. The van der Waals surface area contributed by atoms with Crippen molar-refractivity contribution in [3.05, 3.63) is 30.5 Å². The molecule has 1 fully saturated rings. The Kier molecular flexibility index (Phi) is 3.94. The molecule has 21 heavy (non-hydrogen) atoms. The van der Waals surface area contributed by atoms with Gasteiger partial charge >= 0.3 is 0 Å². The molecule has 2 N–H and O–H groups in total. The molecule has 1 aliphatic rings. The Morgan fingerprint density at radius 1 is 1.43 bits per heavy atom. The van der Waals surface area contributed by atoms with E-state index in [1.807, 2.05) is 12.1 Å². The molecule has 0 spiro atoms. The average molecular weight is 305 g/mol. The number of nitrogens with one attached hydrogen (secondary N) is 1. The summed E-state index contributed by atoms with van der Waals surface area (Å²) in [5.74, 6) is 2.33. The van der Waals surface area contributed by atoms with E-state index in [1.54, 1.807) is 18.3 Å². The van der Waals surface area contributed by atoms with E-state index in [0.717, 1.165) is 29.4 Å². The third-order valence-electron chi connectivity index (χ3n) is 4.48. The molecule has 0 amide bonds. The lowest BCUT2D eigenvalue weighted by Crippen LogP contribution is -2.44. The molecule has 2 aromatic rings. The first kappa shape index (κ1) is 14.5. The van der Waals surface area contributed by atoms with Crippen LogP contribution in [0.3, 0.4) is 0 Å². The van der Waals surface area contributed by atoms with Gasteiger partial charge in [0.25, 0.3) is 0 Å². The van der Waals surface area contributed by atoms with E-state index >= 15 is 0 Å². The molecule has 1 saturated carbocycles. The number of fused-ring (bicyclic) bond motifs is 1. The highest BCUT2D eigenvalue weighted by Crippen LogP contribution is 2.37. The molecule has 0 radical (unpaired) electrons. The van der Waals surface area contributed by atoms with Crippen LogP contribution in [0.2, 0.25) is 0 Å². The minimum atomic E-state index is -0.0913. The summed E-state index contributed by atoms with van der Waals surface area (Å²) in [6.45, 7) is 2.28. The van der Waals surface area contributed by atoms with Gasteiger partial charge in [0, 0.05) is 17.5 Å². The van der Waals surface area contributed by atoms with Crippen LogP contribution in [-0.2, 0) is 0 Å². The van der Waals surface area contributed by atoms with Gasteiger partial charge in [-0.25, -0.2) is 4.98 Å². The minimum Gasteiger partial charge on any atom is -0.508 e. The summed E-state index contributed by atoms with van der Waals surface area (Å²) in [5, 5.41) is 15.3. The third kappa shape index (κ3) is 2.93. The van der Waals surface area contributed by atoms with Crippen molar-refractivity contribution in [2.45, 2.75) is 38.1 Å². The van der Waals surface area contributed by atoms with E-state index in [4.69, 9.17) is 11.6 Å². The number of benzene rings is 1. The van der Waals surface area contributed by atoms with E-state index in [2.05, 4.69) is 17.2 Å². The van der Waals surface area contributed by atoms with E-state index in [9.17, 15) is 5.11 Å². The average Bonchev–Trinajstić information content (AvgIpc) is 2.48. The molecule has 112 valence electrons. The summed E-state index contributed by atoms with van der Waals surface area (Å²) in [5.41, 5.74) is -0.0913. The zero-order chi connectivity index (χ0) is 14.9. The van der Waals surface area contributed by atoms with Crippen LogP contribution < -0.4 is 5.32 Å². The molecule has 0 saturated heterocycles. The normalized spacial score (nSPS) is 25.9. The SMILES string of the molecule is CC1CCCC(CCl)(Nc2nccc3ccc(O)cc23)C1. The molecule has 2 unspecified atom stereocenters. The Labute approximate surface area is 130 Å². The number of aromatic nitrogens is 1. The van der Waals surface area contributed by atoms with Gasteiger partial charge in [-0.05, 0) is 42.3 Å². The molecule has 2 atom stereocenters. The van der Waals surface area contributed by atoms with Gasteiger partial charge in [-0.15, -0.1) is 11.6 Å². The summed E-state index contributed by atoms with van der Waals surface area (Å²) in [4.78, 5) is 4.48. The largest absolute Gasteiger partial charge is 0.508 e. The fourth-order valence-corrected chi connectivity index (χ4v) is 3.75. The Balaban J connectivity index is 1.98. The fourth-order valence-electron chi connectivity index (χ4n) is 3.44. The van der Waals surface area contributed by atoms with Gasteiger partial charge in [0.15, 0.2) is 0 Å². The van der Waals surface area contributed by atoms with Gasteiger partial charge in [0.2, 0.25) is 0 Å². The number of hydrogen-bond acceptors (Lipinski definition) is 3. The molecule has 3 nitrogen and oxygen atoms in total. The number of rotatable bonds is 3. The standard InChI is InChI=1S/C17H21ClN2O/c1-12-3-2-7-17(10-12,11-18)20-16-15-9-14(21)5-4-13(15)6-8-19-16/h4-6,8-9,12,21H,2-3,7,10-11H2,1H3,(H,19,20). The molecule has 0 aliphatic heterocycles. The van der Waals surface area contributed by atoms with Crippen LogP contribution >= 0.6 is 11.6 Å². The number of halogens is 1. The van der Waals surface area contributed by atoms with Crippen molar-refractivity contribution in [3.8, 4) is 5.75 Å². The van der Waals surface area contributed by atoms with Crippen molar-refractivity contribution < 1.29 is 5.11 Å². The Morgan fingerprint density at radius 2 is 2.29 bits per heavy atom. The number of alkyl halides is 1. The molecule has 1 aromatic heterocycles. The van der Waals surface area contributed by atoms with Crippen molar-refractivity contribution >= 4 is 28.2 Å². The van der Waals surface area contributed by atoms with Gasteiger partial charge in [0.05, 0.1) is 5.54 Å². The number of pyridine rings is 1. The van der Waals surface area contributed by atoms with Gasteiger partial charge in [-0.3, -0.25) is 0 Å². The number of aromatic hydroxyl groups is 1. The number of hydrogen-bond donors (Lipinski definition) is 2. The van der Waals surface area contributed by atoms with Crippen molar-refractivity contribution in [2.75, 3.05) is 11.2 Å². The first-order chi connectivity index (χ1) is 10.1. The van der Waals surface area contributed by atoms with Gasteiger partial charge in [-0.1, -0.05) is 25.8 Å².